The van der Waals surface area contributed by atoms with E-state index in [1.807, 2.05) is 13.0 Å². The third kappa shape index (κ3) is 5.97. The van der Waals surface area contributed by atoms with Gasteiger partial charge in [-0.15, -0.1) is 0 Å². The van der Waals surface area contributed by atoms with E-state index in [0.29, 0.717) is 25.8 Å². The van der Waals surface area contributed by atoms with Crippen LogP contribution in [-0.4, -0.2) is 36.7 Å². The molecule has 0 spiro atoms. The molecule has 2 aliphatic carbocycles. The summed E-state index contributed by atoms with van der Waals surface area (Å²) in [5.41, 5.74) is 3.18. The number of nitrogens with one attached hydrogen (secondary N) is 1. The normalized spacial score (nSPS) is 23.0. The summed E-state index contributed by atoms with van der Waals surface area (Å²) in [6.07, 6.45) is 11.9. The molecule has 2 saturated carbocycles. The van der Waals surface area contributed by atoms with Crippen LogP contribution in [0, 0.1) is 25.7 Å². The predicted octanol–water partition coefficient (Wildman–Crippen LogP) is 6.31. The van der Waals surface area contributed by atoms with Crippen molar-refractivity contribution < 1.29 is 9.53 Å². The molecule has 1 N–H and O–H groups in total. The molecule has 162 valence electrons. The van der Waals surface area contributed by atoms with Crippen molar-refractivity contribution in [1.29, 1.82) is 0 Å². The number of ether oxygens (including phenoxy) is 1. The van der Waals surface area contributed by atoms with Crippen molar-refractivity contribution in [2.24, 2.45) is 11.8 Å². The van der Waals surface area contributed by atoms with Crippen molar-refractivity contribution in [1.82, 2.24) is 4.90 Å². The number of hydrogen-bond acceptors (Lipinski definition) is 2. The summed E-state index contributed by atoms with van der Waals surface area (Å²) < 4.78 is 5.60. The zero-order chi connectivity index (χ0) is 20.6. The van der Waals surface area contributed by atoms with E-state index in [1.54, 1.807) is 0 Å². The first-order valence-corrected chi connectivity index (χ1v) is 11.8. The molecule has 3 rings (SSSR count). The number of anilines is 1. The number of hydrogen-bond donors (Lipinski definition) is 1. The van der Waals surface area contributed by atoms with E-state index in [1.165, 1.54) is 44.9 Å². The van der Waals surface area contributed by atoms with Gasteiger partial charge in [0.15, 0.2) is 0 Å². The lowest BCUT2D eigenvalue weighted by molar-refractivity contribution is 0.0859. The van der Waals surface area contributed by atoms with Crippen molar-refractivity contribution >= 4 is 11.7 Å². The topological polar surface area (TPSA) is 41.6 Å². The molecule has 1 aromatic carbocycles. The van der Waals surface area contributed by atoms with E-state index in [0.717, 1.165) is 41.5 Å². The van der Waals surface area contributed by atoms with Gasteiger partial charge < -0.3 is 15.0 Å². The number of rotatable bonds is 7. The van der Waals surface area contributed by atoms with Gasteiger partial charge in [0.25, 0.3) is 0 Å². The molecule has 2 amide bonds. The molecule has 2 aliphatic rings. The number of benzene rings is 1. The number of para-hydroxylation sites is 1. The van der Waals surface area contributed by atoms with Crippen LogP contribution in [-0.2, 0) is 4.74 Å². The Labute approximate surface area is 177 Å². The molecule has 0 radical (unpaired) electrons. The van der Waals surface area contributed by atoms with Gasteiger partial charge in [0, 0.05) is 24.9 Å². The van der Waals surface area contributed by atoms with Crippen molar-refractivity contribution in [3.05, 3.63) is 29.3 Å². The van der Waals surface area contributed by atoms with E-state index in [9.17, 15) is 4.79 Å². The minimum atomic E-state index is 0.0308. The van der Waals surface area contributed by atoms with Crippen LogP contribution in [0.4, 0.5) is 10.5 Å². The second-order valence-corrected chi connectivity index (χ2v) is 9.05. The lowest BCUT2D eigenvalue weighted by Crippen LogP contribution is -2.46. The molecule has 29 heavy (non-hydrogen) atoms. The molecule has 0 atom stereocenters. The Morgan fingerprint density at radius 1 is 1.00 bits per heavy atom. The minimum Gasteiger partial charge on any atom is -0.380 e. The van der Waals surface area contributed by atoms with Gasteiger partial charge in [-0.2, -0.15) is 0 Å². The molecule has 0 unspecified atom stereocenters. The van der Waals surface area contributed by atoms with Crippen LogP contribution in [0.3, 0.4) is 0 Å². The molecule has 0 saturated heterocycles. The third-order valence-electron chi connectivity index (χ3n) is 7.15. The van der Waals surface area contributed by atoms with Crippen molar-refractivity contribution in [2.45, 2.75) is 84.6 Å². The molecule has 4 nitrogen and oxygen atoms in total. The molecule has 0 aromatic heterocycles. The van der Waals surface area contributed by atoms with Gasteiger partial charge in [0.05, 0.1) is 6.61 Å². The van der Waals surface area contributed by atoms with Crippen molar-refractivity contribution in [3.63, 3.8) is 0 Å². The highest BCUT2D eigenvalue weighted by Crippen LogP contribution is 2.39. The highest BCUT2D eigenvalue weighted by molar-refractivity contribution is 5.91. The Bertz CT molecular complexity index is 626. The second-order valence-electron chi connectivity index (χ2n) is 9.05. The molecule has 0 bridgehead atoms. The third-order valence-corrected chi connectivity index (χ3v) is 7.15. The van der Waals surface area contributed by atoms with E-state index < -0.39 is 0 Å². The zero-order valence-electron chi connectivity index (χ0n) is 18.7. The highest BCUT2D eigenvalue weighted by Gasteiger charge is 2.32. The smallest absolute Gasteiger partial charge is 0.322 e. The number of amides is 2. The molecule has 0 heterocycles. The Hall–Kier alpha value is -1.55. The first kappa shape index (κ1) is 22.1. The lowest BCUT2D eigenvalue weighted by atomic mass is 9.72. The largest absolute Gasteiger partial charge is 0.380 e. The van der Waals surface area contributed by atoms with E-state index in [2.05, 4.69) is 36.2 Å². The zero-order valence-corrected chi connectivity index (χ0v) is 18.7. The minimum absolute atomic E-state index is 0.0308. The number of carbonyl (C=O) groups excluding carboxylic acids is 1. The number of nitrogens with zero attached hydrogens (tertiary/aromatic N) is 1. The van der Waals surface area contributed by atoms with Gasteiger partial charge in [-0.05, 0) is 69.4 Å². The van der Waals surface area contributed by atoms with Gasteiger partial charge in [0.1, 0.15) is 0 Å². The molecule has 4 heteroatoms. The lowest BCUT2D eigenvalue weighted by Gasteiger charge is -2.40. The van der Waals surface area contributed by atoms with E-state index >= 15 is 0 Å². The van der Waals surface area contributed by atoms with Gasteiger partial charge in [-0.1, -0.05) is 50.3 Å². The quantitative estimate of drug-likeness (QED) is 0.545. The van der Waals surface area contributed by atoms with Gasteiger partial charge in [0.2, 0.25) is 0 Å². The molecule has 2 fully saturated rings. The van der Waals surface area contributed by atoms with Crippen LogP contribution >= 0.6 is 0 Å². The summed E-state index contributed by atoms with van der Waals surface area (Å²) in [6, 6.07) is 6.52. The first-order chi connectivity index (χ1) is 14.1. The van der Waals surface area contributed by atoms with Gasteiger partial charge >= 0.3 is 6.03 Å². The molecular weight excluding hydrogens is 360 g/mol. The summed E-state index contributed by atoms with van der Waals surface area (Å²) >= 11 is 0. The molecule has 0 aliphatic heterocycles. The van der Waals surface area contributed by atoms with Gasteiger partial charge in [-0.25, -0.2) is 4.79 Å². The summed E-state index contributed by atoms with van der Waals surface area (Å²) in [7, 11) is 0. The van der Waals surface area contributed by atoms with Gasteiger partial charge in [-0.3, -0.25) is 0 Å². The first-order valence-electron chi connectivity index (χ1n) is 11.8. The van der Waals surface area contributed by atoms with Crippen LogP contribution in [0.25, 0.3) is 0 Å². The van der Waals surface area contributed by atoms with Crippen LogP contribution in [0.2, 0.25) is 0 Å². The number of carbonyl (C=O) groups is 1. The molecule has 1 aromatic rings. The standard InChI is InChI=1S/C25H40N2O2/c1-4-29-18-17-27(25(28)26-24-19(2)9-8-10-20(24)3)23-15-13-22(14-16-23)21-11-6-5-7-12-21/h8-10,21-23H,4-7,11-18H2,1-3H3,(H,26,28). The summed E-state index contributed by atoms with van der Waals surface area (Å²) in [4.78, 5) is 15.3. The van der Waals surface area contributed by atoms with Crippen molar-refractivity contribution in [2.75, 3.05) is 25.1 Å². The van der Waals surface area contributed by atoms with E-state index in [4.69, 9.17) is 4.74 Å². The fraction of sp³-hybridized carbons (Fsp3) is 0.720. The second kappa shape index (κ2) is 11.0. The fourth-order valence-corrected chi connectivity index (χ4v) is 5.44. The Balaban J connectivity index is 1.62. The summed E-state index contributed by atoms with van der Waals surface area (Å²) in [5, 5.41) is 3.21. The summed E-state index contributed by atoms with van der Waals surface area (Å²) in [5.74, 6) is 1.81. The van der Waals surface area contributed by atoms with Crippen LogP contribution in [0.1, 0.15) is 75.8 Å². The monoisotopic (exact) mass is 400 g/mol. The predicted molar refractivity (Wildman–Crippen MR) is 120 cm³/mol. The van der Waals surface area contributed by atoms with Crippen LogP contribution in [0.15, 0.2) is 18.2 Å². The van der Waals surface area contributed by atoms with Crippen molar-refractivity contribution in [3.8, 4) is 0 Å². The Morgan fingerprint density at radius 3 is 2.24 bits per heavy atom. The average Bonchev–Trinajstić information content (AvgIpc) is 2.75. The average molecular weight is 401 g/mol. The van der Waals surface area contributed by atoms with Crippen LogP contribution < -0.4 is 5.32 Å². The van der Waals surface area contributed by atoms with Crippen LogP contribution in [0.5, 0.6) is 0 Å². The number of aryl methyl sites for hydroxylation is 2. The maximum absolute atomic E-state index is 13.3. The maximum Gasteiger partial charge on any atom is 0.322 e. The Morgan fingerprint density at radius 2 is 1.62 bits per heavy atom. The maximum atomic E-state index is 13.3. The van der Waals surface area contributed by atoms with E-state index in [-0.39, 0.29) is 6.03 Å². The fourth-order valence-electron chi connectivity index (χ4n) is 5.44. The number of urea groups is 1. The summed E-state index contributed by atoms with van der Waals surface area (Å²) in [6.45, 7) is 8.10. The molecular formula is C25H40N2O2. The Kier molecular flexibility index (Phi) is 8.40. The SMILES string of the molecule is CCOCCN(C(=O)Nc1c(C)cccc1C)C1CCC(C2CCCCC2)CC1. The highest BCUT2D eigenvalue weighted by atomic mass is 16.5.